The number of amides is 1. The molecule has 0 spiro atoms. The molecule has 0 heterocycles. The Morgan fingerprint density at radius 1 is 0.600 bits per heavy atom. The van der Waals surface area contributed by atoms with Crippen molar-refractivity contribution in [2.75, 3.05) is 13.2 Å². The summed E-state index contributed by atoms with van der Waals surface area (Å²) in [6.07, 6.45) is 21.7. The highest BCUT2D eigenvalue weighted by molar-refractivity contribution is 5.66. The summed E-state index contributed by atoms with van der Waals surface area (Å²) in [7, 11) is 0. The van der Waals surface area contributed by atoms with Gasteiger partial charge in [-0.15, -0.1) is 0 Å². The minimum absolute atomic E-state index is 0.234. The van der Waals surface area contributed by atoms with Crippen LogP contribution in [0.25, 0.3) is 0 Å². The molecule has 0 bridgehead atoms. The van der Waals surface area contributed by atoms with Gasteiger partial charge in [-0.3, -0.25) is 0 Å². The number of carbonyl (C=O) groups is 1. The van der Waals surface area contributed by atoms with Crippen molar-refractivity contribution < 1.29 is 9.53 Å². The fourth-order valence-electron chi connectivity index (χ4n) is 3.08. The maximum absolute atomic E-state index is 11.5. The first-order chi connectivity index (χ1) is 12.3. The molecule has 150 valence electrons. The number of rotatable bonds is 19. The summed E-state index contributed by atoms with van der Waals surface area (Å²) >= 11 is 0. The molecule has 3 heteroatoms. The van der Waals surface area contributed by atoms with Crippen LogP contribution in [0.5, 0.6) is 0 Å². The van der Waals surface area contributed by atoms with Crippen molar-refractivity contribution in [3.8, 4) is 0 Å². The second kappa shape index (κ2) is 21.3. The molecule has 0 aliphatic carbocycles. The quantitative estimate of drug-likeness (QED) is 0.245. The van der Waals surface area contributed by atoms with E-state index in [9.17, 15) is 4.79 Å². The van der Waals surface area contributed by atoms with Crippen molar-refractivity contribution >= 4 is 6.09 Å². The Morgan fingerprint density at radius 2 is 1.00 bits per heavy atom. The predicted molar refractivity (Wildman–Crippen MR) is 109 cm³/mol. The summed E-state index contributed by atoms with van der Waals surface area (Å²) in [5, 5.41) is 2.86. The van der Waals surface area contributed by atoms with Gasteiger partial charge in [0, 0.05) is 6.54 Å². The molecule has 0 atom stereocenters. The number of hydrogen-bond acceptors (Lipinski definition) is 2. The van der Waals surface area contributed by atoms with Crippen molar-refractivity contribution in [1.82, 2.24) is 5.32 Å². The third-order valence-corrected chi connectivity index (χ3v) is 4.78. The molecule has 0 aliphatic heterocycles. The number of nitrogens with one attached hydrogen (secondary N) is 1. The lowest BCUT2D eigenvalue weighted by Crippen LogP contribution is -2.25. The first kappa shape index (κ1) is 24.3. The van der Waals surface area contributed by atoms with Gasteiger partial charge in [0.2, 0.25) is 0 Å². The van der Waals surface area contributed by atoms with E-state index < -0.39 is 0 Å². The molecule has 1 amide bonds. The Hall–Kier alpha value is -0.730. The first-order valence-electron chi connectivity index (χ1n) is 11.2. The fraction of sp³-hybridized carbons (Fsp3) is 0.955. The Morgan fingerprint density at radius 3 is 1.48 bits per heavy atom. The monoisotopic (exact) mass is 355 g/mol. The molecule has 25 heavy (non-hydrogen) atoms. The van der Waals surface area contributed by atoms with E-state index in [0.29, 0.717) is 6.61 Å². The molecule has 0 aromatic heterocycles. The van der Waals surface area contributed by atoms with Gasteiger partial charge in [0.1, 0.15) is 0 Å². The largest absolute Gasteiger partial charge is 0.450 e. The number of carbonyl (C=O) groups excluding carboxylic acids is 1. The summed E-state index contributed by atoms with van der Waals surface area (Å²) in [5.74, 6) is 0. The second-order valence-electron chi connectivity index (χ2n) is 7.37. The van der Waals surface area contributed by atoms with Crippen molar-refractivity contribution in [2.24, 2.45) is 0 Å². The predicted octanol–water partition coefficient (Wildman–Crippen LogP) is 7.38. The number of alkyl carbamates (subject to hydrolysis) is 1. The Bertz CT molecular complexity index is 269. The van der Waals surface area contributed by atoms with Crippen molar-refractivity contribution in [1.29, 1.82) is 0 Å². The zero-order valence-electron chi connectivity index (χ0n) is 17.3. The summed E-state index contributed by atoms with van der Waals surface area (Å²) in [5.41, 5.74) is 0. The van der Waals surface area contributed by atoms with Gasteiger partial charge in [0.25, 0.3) is 0 Å². The van der Waals surface area contributed by atoms with E-state index in [4.69, 9.17) is 4.74 Å². The SMILES string of the molecule is CCCCCCCCCCCCOC(=O)NCCCCCCCCC. The van der Waals surface area contributed by atoms with Crippen LogP contribution in [-0.2, 0) is 4.74 Å². The van der Waals surface area contributed by atoms with Crippen LogP contribution in [0.2, 0.25) is 0 Å². The fourth-order valence-corrected chi connectivity index (χ4v) is 3.08. The molecule has 0 aliphatic rings. The van der Waals surface area contributed by atoms with Gasteiger partial charge in [0.15, 0.2) is 0 Å². The highest BCUT2D eigenvalue weighted by Crippen LogP contribution is 2.10. The van der Waals surface area contributed by atoms with E-state index in [0.717, 1.165) is 19.4 Å². The standard InChI is InChI=1S/C22H45NO2/c1-3-5-7-9-11-12-13-15-17-19-21-25-22(24)23-20-18-16-14-10-8-6-4-2/h3-21H2,1-2H3,(H,23,24). The van der Waals surface area contributed by atoms with E-state index in [-0.39, 0.29) is 6.09 Å². The average molecular weight is 356 g/mol. The number of ether oxygens (including phenoxy) is 1. The van der Waals surface area contributed by atoms with Gasteiger partial charge in [-0.1, -0.05) is 110 Å². The summed E-state index contributed by atoms with van der Waals surface area (Å²) in [6.45, 7) is 5.83. The smallest absolute Gasteiger partial charge is 0.407 e. The van der Waals surface area contributed by atoms with Crippen molar-refractivity contribution in [2.45, 2.75) is 123 Å². The summed E-state index contributed by atoms with van der Waals surface area (Å²) in [4.78, 5) is 11.5. The average Bonchev–Trinajstić information content (AvgIpc) is 2.62. The van der Waals surface area contributed by atoms with E-state index in [1.165, 1.54) is 96.3 Å². The van der Waals surface area contributed by atoms with E-state index in [1.807, 2.05) is 0 Å². The summed E-state index contributed by atoms with van der Waals surface area (Å²) < 4.78 is 5.22. The molecule has 0 saturated heterocycles. The van der Waals surface area contributed by atoms with Gasteiger partial charge < -0.3 is 10.1 Å². The van der Waals surface area contributed by atoms with Crippen LogP contribution in [0.1, 0.15) is 123 Å². The van der Waals surface area contributed by atoms with Crippen LogP contribution < -0.4 is 5.32 Å². The van der Waals surface area contributed by atoms with Crippen LogP contribution in [0, 0.1) is 0 Å². The van der Waals surface area contributed by atoms with E-state index in [2.05, 4.69) is 19.2 Å². The third-order valence-electron chi connectivity index (χ3n) is 4.78. The second-order valence-corrected chi connectivity index (χ2v) is 7.37. The molecule has 1 N–H and O–H groups in total. The number of unbranched alkanes of at least 4 members (excludes halogenated alkanes) is 15. The molecular weight excluding hydrogens is 310 g/mol. The maximum Gasteiger partial charge on any atom is 0.407 e. The van der Waals surface area contributed by atoms with Crippen molar-refractivity contribution in [3.05, 3.63) is 0 Å². The molecule has 0 aromatic rings. The third kappa shape index (κ3) is 21.2. The Kier molecular flexibility index (Phi) is 20.7. The lowest BCUT2D eigenvalue weighted by Gasteiger charge is -2.07. The topological polar surface area (TPSA) is 38.3 Å². The Labute approximate surface area is 157 Å². The van der Waals surface area contributed by atoms with Crippen LogP contribution in [0.4, 0.5) is 4.79 Å². The minimum Gasteiger partial charge on any atom is -0.450 e. The van der Waals surface area contributed by atoms with Gasteiger partial charge in [-0.05, 0) is 12.8 Å². The van der Waals surface area contributed by atoms with Gasteiger partial charge in [-0.25, -0.2) is 4.79 Å². The number of hydrogen-bond donors (Lipinski definition) is 1. The molecule has 0 unspecified atom stereocenters. The Balaban J connectivity index is 3.13. The molecule has 0 fully saturated rings. The van der Waals surface area contributed by atoms with E-state index >= 15 is 0 Å². The normalized spacial score (nSPS) is 10.8. The zero-order valence-corrected chi connectivity index (χ0v) is 17.3. The van der Waals surface area contributed by atoms with Crippen LogP contribution in [0.15, 0.2) is 0 Å². The van der Waals surface area contributed by atoms with Gasteiger partial charge in [-0.2, -0.15) is 0 Å². The highest BCUT2D eigenvalue weighted by atomic mass is 16.5. The molecule has 3 nitrogen and oxygen atoms in total. The van der Waals surface area contributed by atoms with Crippen LogP contribution in [0.3, 0.4) is 0 Å². The maximum atomic E-state index is 11.5. The lowest BCUT2D eigenvalue weighted by molar-refractivity contribution is 0.143. The molecule has 0 saturated carbocycles. The van der Waals surface area contributed by atoms with Crippen molar-refractivity contribution in [3.63, 3.8) is 0 Å². The minimum atomic E-state index is -0.234. The lowest BCUT2D eigenvalue weighted by atomic mass is 10.1. The molecular formula is C22H45NO2. The molecule has 0 radical (unpaired) electrons. The first-order valence-corrected chi connectivity index (χ1v) is 11.2. The molecule has 0 rings (SSSR count). The zero-order chi connectivity index (χ0) is 18.4. The highest BCUT2D eigenvalue weighted by Gasteiger charge is 2.00. The van der Waals surface area contributed by atoms with Crippen LogP contribution >= 0.6 is 0 Å². The molecule has 0 aromatic carbocycles. The van der Waals surface area contributed by atoms with Gasteiger partial charge in [0.05, 0.1) is 6.61 Å². The summed E-state index contributed by atoms with van der Waals surface area (Å²) in [6, 6.07) is 0. The van der Waals surface area contributed by atoms with Crippen LogP contribution in [-0.4, -0.2) is 19.2 Å². The van der Waals surface area contributed by atoms with Gasteiger partial charge >= 0.3 is 6.09 Å². The van der Waals surface area contributed by atoms with E-state index in [1.54, 1.807) is 0 Å².